The molecule has 1 aromatic heterocycles. The molecule has 2 aromatic carbocycles. The average molecular weight is 616 g/mol. The van der Waals surface area contributed by atoms with Crippen LogP contribution in [0.4, 0.5) is 46.3 Å². The number of hydroxylamine groups is 1. The summed E-state index contributed by atoms with van der Waals surface area (Å²) in [5.74, 6) is -0.312. The Hall–Kier alpha value is -4.43. The number of halogens is 4. The van der Waals surface area contributed by atoms with E-state index in [1.54, 1.807) is 12.1 Å². The molecule has 14 heteroatoms. The van der Waals surface area contributed by atoms with Crippen molar-refractivity contribution in [2.75, 3.05) is 61.0 Å². The van der Waals surface area contributed by atoms with Gasteiger partial charge in [-0.25, -0.2) is 19.4 Å². The number of anilines is 5. The number of carbonyl (C=O) groups is 1. The second-order valence-corrected chi connectivity index (χ2v) is 10.7. The van der Waals surface area contributed by atoms with Crippen molar-refractivity contribution < 1.29 is 31.9 Å². The minimum Gasteiger partial charge on any atom is -0.494 e. The van der Waals surface area contributed by atoms with E-state index in [4.69, 9.17) is 9.57 Å². The fraction of sp³-hybridized carbons (Fsp3) is 0.367. The topological polar surface area (TPSA) is 95.1 Å². The zero-order valence-electron chi connectivity index (χ0n) is 24.5. The minimum absolute atomic E-state index is 0.112. The van der Waals surface area contributed by atoms with Gasteiger partial charge >= 0.3 is 6.18 Å². The predicted molar refractivity (Wildman–Crippen MR) is 159 cm³/mol. The van der Waals surface area contributed by atoms with E-state index in [1.165, 1.54) is 24.6 Å². The van der Waals surface area contributed by atoms with Gasteiger partial charge in [0.15, 0.2) is 5.82 Å². The van der Waals surface area contributed by atoms with Crippen LogP contribution in [0.15, 0.2) is 55.4 Å². The Bertz CT molecular complexity index is 1540. The lowest BCUT2D eigenvalue weighted by Crippen LogP contribution is -2.50. The number of likely N-dealkylation sites (N-methyl/N-ethyl adjacent to an activating group) is 1. The van der Waals surface area contributed by atoms with Crippen LogP contribution in [-0.2, 0) is 15.8 Å². The Kier molecular flexibility index (Phi) is 8.92. The molecule has 3 heterocycles. The van der Waals surface area contributed by atoms with Gasteiger partial charge < -0.3 is 25.2 Å². The Balaban J connectivity index is 1.45. The molecule has 2 N–H and O–H groups in total. The van der Waals surface area contributed by atoms with E-state index >= 15 is 0 Å². The lowest BCUT2D eigenvalue weighted by molar-refractivity contribution is -0.137. The van der Waals surface area contributed by atoms with Gasteiger partial charge in [-0.05, 0) is 49.9 Å². The van der Waals surface area contributed by atoms with Crippen molar-refractivity contribution in [3.05, 3.63) is 72.3 Å². The summed E-state index contributed by atoms with van der Waals surface area (Å²) in [4.78, 5) is 31.1. The number of aromatic nitrogens is 2. The van der Waals surface area contributed by atoms with Crippen LogP contribution in [0.5, 0.6) is 5.75 Å². The molecule has 0 aliphatic carbocycles. The minimum atomic E-state index is -4.70. The molecule has 0 saturated carbocycles. The highest BCUT2D eigenvalue weighted by molar-refractivity contribution is 6.02. The van der Waals surface area contributed by atoms with Gasteiger partial charge in [-0.2, -0.15) is 13.2 Å². The summed E-state index contributed by atoms with van der Waals surface area (Å²) < 4.78 is 60.0. The molecular formula is C30H33F4N7O3. The molecule has 0 spiro atoms. The van der Waals surface area contributed by atoms with Crippen molar-refractivity contribution in [1.29, 1.82) is 0 Å². The third-order valence-corrected chi connectivity index (χ3v) is 7.74. The SMILES string of the molecule is C=CC(=O)Nc1cc(Nc2cc(N3OCC[C@@H]3c3cc(F)cc(C(F)(F)F)c3)ncn2)c(OC)cc1N1CCN(C)[C@@H](C)C1. The Morgan fingerprint density at radius 2 is 1.93 bits per heavy atom. The van der Waals surface area contributed by atoms with Gasteiger partial charge in [0.25, 0.3) is 0 Å². The molecule has 2 atom stereocenters. The Morgan fingerprint density at radius 3 is 2.64 bits per heavy atom. The zero-order chi connectivity index (χ0) is 31.6. The van der Waals surface area contributed by atoms with Crippen LogP contribution in [0.3, 0.4) is 0 Å². The maximum absolute atomic E-state index is 14.2. The smallest absolute Gasteiger partial charge is 0.416 e. The summed E-state index contributed by atoms with van der Waals surface area (Å²) in [5, 5.41) is 7.42. The van der Waals surface area contributed by atoms with Crippen molar-refractivity contribution >= 4 is 34.6 Å². The van der Waals surface area contributed by atoms with Gasteiger partial charge in [0.2, 0.25) is 5.91 Å². The van der Waals surface area contributed by atoms with Crippen molar-refractivity contribution in [3.8, 4) is 5.75 Å². The Labute approximate surface area is 252 Å². The van der Waals surface area contributed by atoms with Crippen LogP contribution in [-0.4, -0.2) is 67.2 Å². The van der Waals surface area contributed by atoms with Crippen molar-refractivity contribution in [3.63, 3.8) is 0 Å². The number of hydrogen-bond donors (Lipinski definition) is 2. The molecule has 44 heavy (non-hydrogen) atoms. The maximum atomic E-state index is 14.2. The number of amides is 1. The zero-order valence-corrected chi connectivity index (χ0v) is 24.5. The normalized spacial score (nSPS) is 19.2. The molecule has 2 saturated heterocycles. The number of hydrogen-bond acceptors (Lipinski definition) is 9. The lowest BCUT2D eigenvalue weighted by Gasteiger charge is -2.40. The van der Waals surface area contributed by atoms with E-state index in [-0.39, 0.29) is 23.9 Å². The number of rotatable bonds is 8. The lowest BCUT2D eigenvalue weighted by atomic mass is 10.0. The largest absolute Gasteiger partial charge is 0.494 e. The molecule has 1 amide bonds. The van der Waals surface area contributed by atoms with Gasteiger partial charge in [0.05, 0.1) is 42.4 Å². The van der Waals surface area contributed by atoms with Crippen LogP contribution in [0.1, 0.15) is 30.5 Å². The van der Waals surface area contributed by atoms with Gasteiger partial charge in [0.1, 0.15) is 23.7 Å². The molecular weight excluding hydrogens is 582 g/mol. The number of ether oxygens (including phenoxy) is 1. The predicted octanol–water partition coefficient (Wildman–Crippen LogP) is 5.53. The van der Waals surface area contributed by atoms with Gasteiger partial charge in [-0.1, -0.05) is 6.58 Å². The maximum Gasteiger partial charge on any atom is 0.416 e. The summed E-state index contributed by atoms with van der Waals surface area (Å²) in [6, 6.07) is 7.15. The molecule has 2 fully saturated rings. The number of carbonyl (C=O) groups excluding carboxylic acids is 1. The van der Waals surface area contributed by atoms with Crippen LogP contribution in [0.25, 0.3) is 0 Å². The number of methoxy groups -OCH3 is 1. The van der Waals surface area contributed by atoms with Crippen LogP contribution in [0.2, 0.25) is 0 Å². The highest BCUT2D eigenvalue weighted by Crippen LogP contribution is 2.41. The highest BCUT2D eigenvalue weighted by atomic mass is 19.4. The van der Waals surface area contributed by atoms with Crippen LogP contribution >= 0.6 is 0 Å². The second kappa shape index (κ2) is 12.7. The fourth-order valence-corrected chi connectivity index (χ4v) is 5.29. The first-order valence-electron chi connectivity index (χ1n) is 14.0. The van der Waals surface area contributed by atoms with E-state index in [0.717, 1.165) is 37.5 Å². The third kappa shape index (κ3) is 6.70. The van der Waals surface area contributed by atoms with Crippen molar-refractivity contribution in [2.24, 2.45) is 0 Å². The summed E-state index contributed by atoms with van der Waals surface area (Å²) in [6.45, 7) is 8.22. The van der Waals surface area contributed by atoms with Gasteiger partial charge in [-0.3, -0.25) is 9.63 Å². The van der Waals surface area contributed by atoms with Crippen molar-refractivity contribution in [2.45, 2.75) is 31.6 Å². The van der Waals surface area contributed by atoms with E-state index in [1.807, 2.05) is 6.07 Å². The number of nitrogens with zero attached hydrogens (tertiary/aromatic N) is 5. The first-order chi connectivity index (χ1) is 21.0. The molecule has 2 aliphatic rings. The molecule has 2 aliphatic heterocycles. The molecule has 5 rings (SSSR count). The number of benzene rings is 2. The summed E-state index contributed by atoms with van der Waals surface area (Å²) in [7, 11) is 3.60. The first-order valence-corrected chi connectivity index (χ1v) is 14.0. The van der Waals surface area contributed by atoms with Crippen LogP contribution < -0.4 is 25.3 Å². The second-order valence-electron chi connectivity index (χ2n) is 10.7. The summed E-state index contributed by atoms with van der Waals surface area (Å²) >= 11 is 0. The molecule has 3 aromatic rings. The van der Waals surface area contributed by atoms with Crippen LogP contribution in [0, 0.1) is 5.82 Å². The monoisotopic (exact) mass is 615 g/mol. The number of alkyl halides is 3. The third-order valence-electron chi connectivity index (χ3n) is 7.74. The fourth-order valence-electron chi connectivity index (χ4n) is 5.29. The van der Waals surface area contributed by atoms with E-state index < -0.39 is 23.6 Å². The van der Waals surface area contributed by atoms with E-state index in [2.05, 4.69) is 51.0 Å². The Morgan fingerprint density at radius 1 is 1.14 bits per heavy atom. The van der Waals surface area contributed by atoms with Gasteiger partial charge in [0, 0.05) is 44.2 Å². The quantitative estimate of drug-likeness (QED) is 0.251. The standard InChI is InChI=1S/C30H33F4N7O3/c1-5-29(42)38-22-13-23(26(43-4)14-25(22)40-8-7-39(3)18(2)16-40)37-27-15-28(36-17-35-27)41-24(6-9-44-41)19-10-20(30(32,33)34)12-21(31)11-19/h5,10-15,17-18,24H,1,6-9,16H2,2-4H3,(H,38,42)(H,35,36,37)/t18-,24+/m0/s1. The molecule has 234 valence electrons. The molecule has 10 nitrogen and oxygen atoms in total. The number of piperazine rings is 1. The summed E-state index contributed by atoms with van der Waals surface area (Å²) in [5.41, 5.74) is 0.846. The first kappa shape index (κ1) is 31.0. The van der Waals surface area contributed by atoms with Crippen molar-refractivity contribution in [1.82, 2.24) is 14.9 Å². The molecule has 0 bridgehead atoms. The van der Waals surface area contributed by atoms with E-state index in [0.29, 0.717) is 41.5 Å². The number of nitrogens with one attached hydrogen (secondary N) is 2. The molecule has 0 unspecified atom stereocenters. The highest BCUT2D eigenvalue weighted by Gasteiger charge is 2.35. The average Bonchev–Trinajstić information content (AvgIpc) is 3.48. The van der Waals surface area contributed by atoms with E-state index in [9.17, 15) is 22.4 Å². The summed E-state index contributed by atoms with van der Waals surface area (Å²) in [6.07, 6.45) is -1.92. The molecule has 0 radical (unpaired) electrons. The van der Waals surface area contributed by atoms with Gasteiger partial charge in [-0.15, -0.1) is 0 Å².